The quantitative estimate of drug-likeness (QED) is 0.704. The number of alkyl halides is 3. The van der Waals surface area contributed by atoms with Gasteiger partial charge in [0, 0.05) is 43.3 Å². The summed E-state index contributed by atoms with van der Waals surface area (Å²) in [5.41, 5.74) is 0.318. The second kappa shape index (κ2) is 8.77. The summed E-state index contributed by atoms with van der Waals surface area (Å²) < 4.78 is 46.1. The zero-order valence-electron chi connectivity index (χ0n) is 18.1. The minimum absolute atomic E-state index is 0.0845. The van der Waals surface area contributed by atoms with Gasteiger partial charge < -0.3 is 19.9 Å². The molecule has 8 nitrogen and oxygen atoms in total. The van der Waals surface area contributed by atoms with Crippen LogP contribution in [0.3, 0.4) is 0 Å². The second-order valence-electron chi connectivity index (χ2n) is 8.87. The Labute approximate surface area is 198 Å². The van der Waals surface area contributed by atoms with Gasteiger partial charge in [-0.2, -0.15) is 18.3 Å². The van der Waals surface area contributed by atoms with Gasteiger partial charge in [0.25, 0.3) is 5.91 Å². The Kier molecular flexibility index (Phi) is 5.93. The second-order valence-corrected chi connectivity index (χ2v) is 9.31. The molecule has 34 heavy (non-hydrogen) atoms. The Bertz CT molecular complexity index is 1120. The number of nitrogens with zero attached hydrogens (tertiary/aromatic N) is 4. The summed E-state index contributed by atoms with van der Waals surface area (Å²) >= 11 is 5.80. The molecule has 0 saturated carbocycles. The van der Waals surface area contributed by atoms with Crippen molar-refractivity contribution in [3.05, 3.63) is 51.8 Å². The zero-order valence-corrected chi connectivity index (χ0v) is 18.9. The van der Waals surface area contributed by atoms with Crippen molar-refractivity contribution >= 4 is 23.6 Å². The Morgan fingerprint density at radius 1 is 1.21 bits per heavy atom. The van der Waals surface area contributed by atoms with Crippen LogP contribution in [0, 0.1) is 0 Å². The number of aromatic nitrogens is 2. The number of amides is 2. The van der Waals surface area contributed by atoms with Crippen LogP contribution in [0.5, 0.6) is 0 Å². The van der Waals surface area contributed by atoms with Crippen LogP contribution in [0.2, 0.25) is 5.02 Å². The molecule has 2 fully saturated rings. The number of likely N-dealkylation sites (tertiary alicyclic amines) is 1. The fourth-order valence-corrected chi connectivity index (χ4v) is 5.07. The number of halogens is 4. The number of carbonyl (C=O) groups excluding carboxylic acids is 2. The van der Waals surface area contributed by atoms with E-state index in [2.05, 4.69) is 10.4 Å². The largest absolute Gasteiger partial charge is 0.445 e. The lowest BCUT2D eigenvalue weighted by Crippen LogP contribution is -2.46. The fraction of sp³-hybridized carbons (Fsp3) is 0.500. The fourth-order valence-electron chi connectivity index (χ4n) is 4.81. The molecule has 2 aromatic rings. The molecule has 3 aliphatic heterocycles. The number of ether oxygens (including phenoxy) is 1. The van der Waals surface area contributed by atoms with E-state index in [1.54, 1.807) is 10.7 Å². The summed E-state index contributed by atoms with van der Waals surface area (Å²) in [7, 11) is 0. The summed E-state index contributed by atoms with van der Waals surface area (Å²) in [5, 5.41) is 7.75. The van der Waals surface area contributed by atoms with Gasteiger partial charge in [0.15, 0.2) is 5.69 Å². The number of fused-ring (bicyclic) bond motifs is 3. The monoisotopic (exact) mass is 497 g/mol. The molecule has 1 N–H and O–H groups in total. The molecule has 2 amide bonds. The van der Waals surface area contributed by atoms with Crippen LogP contribution in [0.4, 0.5) is 18.0 Å². The summed E-state index contributed by atoms with van der Waals surface area (Å²) in [6.07, 6.45) is -3.65. The number of hydrogen-bond acceptors (Lipinski definition) is 5. The molecule has 4 heterocycles. The zero-order chi connectivity index (χ0) is 24.0. The molecule has 1 aromatic carbocycles. The minimum atomic E-state index is -4.55. The molecule has 0 radical (unpaired) electrons. The first-order valence-corrected chi connectivity index (χ1v) is 11.4. The lowest BCUT2D eigenvalue weighted by atomic mass is 10.1. The Hall–Kier alpha value is -2.79. The van der Waals surface area contributed by atoms with E-state index in [0.717, 1.165) is 25.1 Å². The van der Waals surface area contributed by atoms with Gasteiger partial charge in [0.2, 0.25) is 0 Å². The predicted molar refractivity (Wildman–Crippen MR) is 115 cm³/mol. The highest BCUT2D eigenvalue weighted by molar-refractivity contribution is 6.30. The minimum Gasteiger partial charge on any atom is -0.445 e. The topological polar surface area (TPSA) is 79.7 Å². The van der Waals surface area contributed by atoms with Gasteiger partial charge in [-0.1, -0.05) is 11.6 Å². The molecule has 3 aliphatic rings. The molecule has 0 spiro atoms. The smallest absolute Gasteiger partial charge is 0.416 e. The SMILES string of the molecule is O=C(OCc1cc(Cl)cc(C(F)(F)F)c1)N1CCCn2nc(C(=O)N3C[C@@H]4C[C@H]3CN4)cc2C1. The van der Waals surface area contributed by atoms with Gasteiger partial charge in [-0.05, 0) is 42.7 Å². The van der Waals surface area contributed by atoms with Gasteiger partial charge in [-0.15, -0.1) is 0 Å². The first-order chi connectivity index (χ1) is 16.2. The molecular weight excluding hydrogens is 475 g/mol. The molecule has 182 valence electrons. The van der Waals surface area contributed by atoms with E-state index in [9.17, 15) is 22.8 Å². The maximum atomic E-state index is 13.0. The average Bonchev–Trinajstić information content (AvgIpc) is 3.49. The third kappa shape index (κ3) is 4.58. The van der Waals surface area contributed by atoms with Gasteiger partial charge in [0.05, 0.1) is 17.8 Å². The van der Waals surface area contributed by atoms with Crippen molar-refractivity contribution in [2.24, 2.45) is 0 Å². The van der Waals surface area contributed by atoms with Crippen molar-refractivity contribution in [2.45, 2.75) is 50.8 Å². The third-order valence-electron chi connectivity index (χ3n) is 6.46. The normalized spacial score (nSPS) is 22.0. The van der Waals surface area contributed by atoms with E-state index in [1.807, 2.05) is 4.90 Å². The van der Waals surface area contributed by atoms with E-state index in [0.29, 0.717) is 43.5 Å². The maximum Gasteiger partial charge on any atom is 0.416 e. The third-order valence-corrected chi connectivity index (χ3v) is 6.67. The lowest BCUT2D eigenvalue weighted by Gasteiger charge is -2.26. The number of benzene rings is 1. The van der Waals surface area contributed by atoms with Crippen molar-refractivity contribution in [1.82, 2.24) is 24.9 Å². The Balaban J connectivity index is 1.24. The molecule has 2 atom stereocenters. The number of hydrogen-bond donors (Lipinski definition) is 1. The van der Waals surface area contributed by atoms with Gasteiger partial charge in [-0.25, -0.2) is 4.79 Å². The first kappa shape index (κ1) is 23.0. The van der Waals surface area contributed by atoms with E-state index >= 15 is 0 Å². The molecule has 1 aromatic heterocycles. The van der Waals surface area contributed by atoms with Crippen molar-refractivity contribution in [3.8, 4) is 0 Å². The summed E-state index contributed by atoms with van der Waals surface area (Å²) in [4.78, 5) is 29.0. The van der Waals surface area contributed by atoms with Gasteiger partial charge in [0.1, 0.15) is 6.61 Å². The number of piperazine rings is 1. The molecule has 5 rings (SSSR count). The van der Waals surface area contributed by atoms with Crippen LogP contribution >= 0.6 is 11.6 Å². The van der Waals surface area contributed by atoms with Crippen molar-refractivity contribution < 1.29 is 27.5 Å². The van der Waals surface area contributed by atoms with Crippen LogP contribution in [0.25, 0.3) is 0 Å². The number of carbonyl (C=O) groups is 2. The highest BCUT2D eigenvalue weighted by Crippen LogP contribution is 2.32. The molecule has 12 heteroatoms. The van der Waals surface area contributed by atoms with Crippen LogP contribution in [0.1, 0.15) is 40.2 Å². The van der Waals surface area contributed by atoms with E-state index in [4.69, 9.17) is 16.3 Å². The lowest BCUT2D eigenvalue weighted by molar-refractivity contribution is -0.137. The molecular formula is C22H23ClF3N5O3. The summed E-state index contributed by atoms with van der Waals surface area (Å²) in [5.74, 6) is -0.106. The van der Waals surface area contributed by atoms with Crippen molar-refractivity contribution in [3.63, 3.8) is 0 Å². The Morgan fingerprint density at radius 2 is 2.03 bits per heavy atom. The standard InChI is InChI=1S/C22H23ClF3N5O3/c23-15-5-13(4-14(6-15)22(24,25)26)12-34-21(33)29-2-1-3-31-18(11-29)8-19(28-31)20(32)30-10-16-7-17(30)9-27-16/h4-6,8,16-17,27H,1-3,7,9-12H2/t16-,17-/m0/s1. The Morgan fingerprint density at radius 3 is 2.74 bits per heavy atom. The number of nitrogens with one attached hydrogen (secondary N) is 1. The number of aryl methyl sites for hydroxylation is 1. The molecule has 0 unspecified atom stereocenters. The average molecular weight is 498 g/mol. The summed E-state index contributed by atoms with van der Waals surface area (Å²) in [6, 6.07) is 5.31. The van der Waals surface area contributed by atoms with E-state index in [1.165, 1.54) is 11.0 Å². The maximum absolute atomic E-state index is 13.0. The van der Waals surface area contributed by atoms with Crippen molar-refractivity contribution in [2.75, 3.05) is 19.6 Å². The van der Waals surface area contributed by atoms with E-state index < -0.39 is 17.8 Å². The van der Waals surface area contributed by atoms with Crippen LogP contribution < -0.4 is 5.32 Å². The molecule has 2 bridgehead atoms. The molecule has 0 aliphatic carbocycles. The van der Waals surface area contributed by atoms with Gasteiger partial charge >= 0.3 is 12.3 Å². The van der Waals surface area contributed by atoms with Gasteiger partial charge in [-0.3, -0.25) is 9.48 Å². The van der Waals surface area contributed by atoms with E-state index in [-0.39, 0.29) is 35.7 Å². The predicted octanol–water partition coefficient (Wildman–Crippen LogP) is 3.28. The summed E-state index contributed by atoms with van der Waals surface area (Å²) in [6.45, 7) is 2.26. The van der Waals surface area contributed by atoms with Crippen molar-refractivity contribution in [1.29, 1.82) is 0 Å². The van der Waals surface area contributed by atoms with Crippen LogP contribution in [-0.4, -0.2) is 63.3 Å². The molecule has 2 saturated heterocycles. The highest BCUT2D eigenvalue weighted by Gasteiger charge is 2.41. The van der Waals surface area contributed by atoms with Crippen LogP contribution in [-0.2, 0) is 30.6 Å². The number of rotatable bonds is 3. The highest BCUT2D eigenvalue weighted by atomic mass is 35.5. The van der Waals surface area contributed by atoms with Crippen LogP contribution in [0.15, 0.2) is 24.3 Å². The first-order valence-electron chi connectivity index (χ1n) is 11.1.